The maximum atomic E-state index is 12.8. The summed E-state index contributed by atoms with van der Waals surface area (Å²) in [7, 11) is 0. The first kappa shape index (κ1) is 16.1. The first-order valence-corrected chi connectivity index (χ1v) is 8.31. The molecule has 0 radical (unpaired) electrons. The minimum Gasteiger partial charge on any atom is -0.481 e. The highest BCUT2D eigenvalue weighted by molar-refractivity contribution is 6.03. The van der Waals surface area contributed by atoms with E-state index in [4.69, 9.17) is 10.5 Å². The third-order valence-electron chi connectivity index (χ3n) is 4.52. The van der Waals surface area contributed by atoms with Gasteiger partial charge in [-0.3, -0.25) is 19.5 Å². The molecular weight excluding hydrogens is 330 g/mol. The van der Waals surface area contributed by atoms with Crippen molar-refractivity contribution in [3.63, 3.8) is 0 Å². The SMILES string of the molecule is NC(=O)[C@@H]1Cc2ccccc2N1C(=O)COc1cccc2cccnc12. The van der Waals surface area contributed by atoms with Crippen molar-refractivity contribution in [2.24, 2.45) is 5.73 Å². The van der Waals surface area contributed by atoms with Gasteiger partial charge in [-0.15, -0.1) is 0 Å². The Labute approximate surface area is 150 Å². The van der Waals surface area contributed by atoms with Crippen LogP contribution in [0.3, 0.4) is 0 Å². The highest BCUT2D eigenvalue weighted by Crippen LogP contribution is 2.32. The molecule has 2 aromatic carbocycles. The van der Waals surface area contributed by atoms with E-state index in [1.165, 1.54) is 4.90 Å². The topological polar surface area (TPSA) is 85.5 Å². The second-order valence-electron chi connectivity index (χ2n) is 6.13. The van der Waals surface area contributed by atoms with Gasteiger partial charge in [0.15, 0.2) is 6.61 Å². The molecule has 0 aliphatic carbocycles. The van der Waals surface area contributed by atoms with Gasteiger partial charge in [0.2, 0.25) is 5.91 Å². The predicted octanol–water partition coefficient (Wildman–Crippen LogP) is 2.06. The summed E-state index contributed by atoms with van der Waals surface area (Å²) < 4.78 is 5.73. The number of carbonyl (C=O) groups is 2. The molecule has 6 heteroatoms. The van der Waals surface area contributed by atoms with Crippen LogP contribution in [0.15, 0.2) is 60.8 Å². The van der Waals surface area contributed by atoms with E-state index in [0.29, 0.717) is 23.4 Å². The number of anilines is 1. The Morgan fingerprint density at radius 2 is 1.92 bits per heavy atom. The standard InChI is InChI=1S/C20H17N3O3/c21-20(25)16-11-14-5-1-2-8-15(14)23(16)18(24)12-26-17-9-3-6-13-7-4-10-22-19(13)17/h1-10,16H,11-12H2,(H2,21,25)/t16-/m0/s1. The quantitative estimate of drug-likeness (QED) is 0.783. The van der Waals surface area contributed by atoms with E-state index in [0.717, 1.165) is 10.9 Å². The fourth-order valence-electron chi connectivity index (χ4n) is 3.32. The first-order valence-electron chi connectivity index (χ1n) is 8.31. The third-order valence-corrected chi connectivity index (χ3v) is 4.52. The van der Waals surface area contributed by atoms with Gasteiger partial charge in [-0.2, -0.15) is 0 Å². The lowest BCUT2D eigenvalue weighted by Gasteiger charge is -2.23. The van der Waals surface area contributed by atoms with E-state index in [2.05, 4.69) is 4.98 Å². The van der Waals surface area contributed by atoms with Gasteiger partial charge in [0.1, 0.15) is 17.3 Å². The van der Waals surface area contributed by atoms with E-state index in [1.807, 2.05) is 48.5 Å². The van der Waals surface area contributed by atoms with Crippen molar-refractivity contribution in [3.8, 4) is 5.75 Å². The number of nitrogens with two attached hydrogens (primary N) is 1. The van der Waals surface area contributed by atoms with Crippen LogP contribution in [-0.2, 0) is 16.0 Å². The second-order valence-corrected chi connectivity index (χ2v) is 6.13. The highest BCUT2D eigenvalue weighted by Gasteiger charge is 2.37. The van der Waals surface area contributed by atoms with E-state index in [9.17, 15) is 9.59 Å². The van der Waals surface area contributed by atoms with Crippen LogP contribution in [0.1, 0.15) is 5.56 Å². The third kappa shape index (κ3) is 2.75. The highest BCUT2D eigenvalue weighted by atomic mass is 16.5. The van der Waals surface area contributed by atoms with E-state index < -0.39 is 11.9 Å². The van der Waals surface area contributed by atoms with Gasteiger partial charge < -0.3 is 10.5 Å². The minimum atomic E-state index is -0.686. The molecule has 1 aliphatic rings. The van der Waals surface area contributed by atoms with Crippen LogP contribution >= 0.6 is 0 Å². The van der Waals surface area contributed by atoms with Crippen molar-refractivity contribution in [2.75, 3.05) is 11.5 Å². The first-order chi connectivity index (χ1) is 12.6. The predicted molar refractivity (Wildman–Crippen MR) is 97.9 cm³/mol. The average Bonchev–Trinajstić information content (AvgIpc) is 3.06. The van der Waals surface area contributed by atoms with Crippen molar-refractivity contribution in [1.29, 1.82) is 0 Å². The maximum absolute atomic E-state index is 12.8. The van der Waals surface area contributed by atoms with Gasteiger partial charge in [0, 0.05) is 23.7 Å². The molecule has 130 valence electrons. The lowest BCUT2D eigenvalue weighted by molar-refractivity contribution is -0.125. The lowest BCUT2D eigenvalue weighted by atomic mass is 10.1. The Bertz CT molecular complexity index is 997. The van der Waals surface area contributed by atoms with Gasteiger partial charge in [-0.25, -0.2) is 0 Å². The molecule has 26 heavy (non-hydrogen) atoms. The molecule has 1 aromatic heterocycles. The summed E-state index contributed by atoms with van der Waals surface area (Å²) >= 11 is 0. The number of carbonyl (C=O) groups excluding carboxylic acids is 2. The van der Waals surface area contributed by atoms with Crippen molar-refractivity contribution in [1.82, 2.24) is 4.98 Å². The molecule has 0 unspecified atom stereocenters. The molecule has 0 spiro atoms. The smallest absolute Gasteiger partial charge is 0.265 e. The van der Waals surface area contributed by atoms with Crippen LogP contribution in [0.25, 0.3) is 10.9 Å². The Morgan fingerprint density at radius 1 is 1.12 bits per heavy atom. The molecule has 6 nitrogen and oxygen atoms in total. The number of nitrogens with zero attached hydrogens (tertiary/aromatic N) is 2. The largest absolute Gasteiger partial charge is 0.481 e. The van der Waals surface area contributed by atoms with Crippen molar-refractivity contribution < 1.29 is 14.3 Å². The van der Waals surface area contributed by atoms with Crippen LogP contribution in [0.4, 0.5) is 5.69 Å². The second kappa shape index (κ2) is 6.48. The zero-order valence-corrected chi connectivity index (χ0v) is 14.0. The molecular formula is C20H17N3O3. The summed E-state index contributed by atoms with van der Waals surface area (Å²) in [6.45, 7) is -0.201. The molecule has 2 heterocycles. The van der Waals surface area contributed by atoms with Crippen molar-refractivity contribution >= 4 is 28.4 Å². The summed E-state index contributed by atoms with van der Waals surface area (Å²) in [5.74, 6) is -0.312. The lowest BCUT2D eigenvalue weighted by Crippen LogP contribution is -2.47. The summed E-state index contributed by atoms with van der Waals surface area (Å²) in [4.78, 5) is 30.4. The molecule has 0 saturated heterocycles. The van der Waals surface area contributed by atoms with E-state index >= 15 is 0 Å². The van der Waals surface area contributed by atoms with Gasteiger partial charge >= 0.3 is 0 Å². The number of hydrogen-bond acceptors (Lipinski definition) is 4. The average molecular weight is 347 g/mol. The number of ether oxygens (including phenoxy) is 1. The Balaban J connectivity index is 1.58. The van der Waals surface area contributed by atoms with Crippen LogP contribution in [0, 0.1) is 0 Å². The van der Waals surface area contributed by atoms with Crippen LogP contribution in [0.5, 0.6) is 5.75 Å². The summed E-state index contributed by atoms with van der Waals surface area (Å²) in [6.07, 6.45) is 2.10. The molecule has 1 aliphatic heterocycles. The Hall–Kier alpha value is -3.41. The molecule has 3 aromatic rings. The Kier molecular flexibility index (Phi) is 4.01. The molecule has 2 N–H and O–H groups in total. The summed E-state index contributed by atoms with van der Waals surface area (Å²) in [5.41, 5.74) is 7.83. The Morgan fingerprint density at radius 3 is 2.77 bits per heavy atom. The van der Waals surface area contributed by atoms with Crippen molar-refractivity contribution in [2.45, 2.75) is 12.5 Å². The summed E-state index contributed by atoms with van der Waals surface area (Å²) in [6, 6.07) is 16.1. The molecule has 0 bridgehead atoms. The maximum Gasteiger partial charge on any atom is 0.265 e. The zero-order valence-electron chi connectivity index (χ0n) is 14.0. The normalized spacial score (nSPS) is 15.7. The number of rotatable bonds is 4. The fourth-order valence-corrected chi connectivity index (χ4v) is 3.32. The van der Waals surface area contributed by atoms with E-state index in [1.54, 1.807) is 12.3 Å². The molecule has 1 atom stereocenters. The molecule has 0 saturated carbocycles. The minimum absolute atomic E-state index is 0.201. The number of aromatic nitrogens is 1. The monoisotopic (exact) mass is 347 g/mol. The number of benzene rings is 2. The number of fused-ring (bicyclic) bond motifs is 2. The number of pyridine rings is 1. The molecule has 0 fully saturated rings. The molecule has 2 amide bonds. The van der Waals surface area contributed by atoms with E-state index in [-0.39, 0.29) is 12.5 Å². The fraction of sp³-hybridized carbons (Fsp3) is 0.150. The van der Waals surface area contributed by atoms with Crippen LogP contribution < -0.4 is 15.4 Å². The van der Waals surface area contributed by atoms with Gasteiger partial charge in [-0.05, 0) is 23.8 Å². The number of para-hydroxylation sites is 2. The number of amides is 2. The number of hydrogen-bond donors (Lipinski definition) is 1. The zero-order chi connectivity index (χ0) is 18.1. The molecule has 4 rings (SSSR count). The van der Waals surface area contributed by atoms with Crippen LogP contribution in [0.2, 0.25) is 0 Å². The van der Waals surface area contributed by atoms with Gasteiger partial charge in [0.25, 0.3) is 5.91 Å². The summed E-state index contributed by atoms with van der Waals surface area (Å²) in [5, 5.41) is 0.930. The number of primary amides is 1. The van der Waals surface area contributed by atoms with Crippen molar-refractivity contribution in [3.05, 3.63) is 66.4 Å². The van der Waals surface area contributed by atoms with Crippen LogP contribution in [-0.4, -0.2) is 29.4 Å². The van der Waals surface area contributed by atoms with Gasteiger partial charge in [0.05, 0.1) is 0 Å². The van der Waals surface area contributed by atoms with Gasteiger partial charge in [-0.1, -0.05) is 36.4 Å².